The average molecular weight is 303 g/mol. The summed E-state index contributed by atoms with van der Waals surface area (Å²) in [5.41, 5.74) is 8.48. The number of fused-ring (bicyclic) bond motifs is 1. The van der Waals surface area contributed by atoms with Crippen LogP contribution in [0.5, 0.6) is 0 Å². The molecule has 0 saturated heterocycles. The van der Waals surface area contributed by atoms with Gasteiger partial charge in [-0.1, -0.05) is 35.9 Å². The van der Waals surface area contributed by atoms with Crippen molar-refractivity contribution in [1.29, 1.82) is 0 Å². The molecule has 0 saturated carbocycles. The van der Waals surface area contributed by atoms with Gasteiger partial charge in [0.2, 0.25) is 0 Å². The van der Waals surface area contributed by atoms with Crippen LogP contribution in [0.2, 0.25) is 5.02 Å². The van der Waals surface area contributed by atoms with Crippen LogP contribution in [-0.2, 0) is 6.42 Å². The number of hydrogen-bond acceptors (Lipinski definition) is 3. The first-order valence-corrected chi connectivity index (χ1v) is 7.06. The third-order valence-electron chi connectivity index (χ3n) is 3.73. The predicted molar refractivity (Wildman–Crippen MR) is 82.2 cm³/mol. The van der Waals surface area contributed by atoms with Gasteiger partial charge >= 0.3 is 0 Å². The topological polar surface area (TPSA) is 75.4 Å². The second kappa shape index (κ2) is 5.39. The van der Waals surface area contributed by atoms with Gasteiger partial charge in [0.15, 0.2) is 0 Å². The van der Waals surface area contributed by atoms with Crippen molar-refractivity contribution < 1.29 is 9.90 Å². The molecule has 4 nitrogen and oxygen atoms in total. The molecule has 0 radical (unpaired) electrons. The Bertz CT molecular complexity index is 702. The molecule has 5 heteroatoms. The summed E-state index contributed by atoms with van der Waals surface area (Å²) in [7, 11) is 0. The number of anilines is 1. The Morgan fingerprint density at radius 2 is 2.05 bits per heavy atom. The fraction of sp³-hybridized carbons (Fsp3) is 0.188. The molecule has 0 bridgehead atoms. The van der Waals surface area contributed by atoms with Gasteiger partial charge in [0.1, 0.15) is 0 Å². The van der Waals surface area contributed by atoms with Crippen molar-refractivity contribution in [3.05, 3.63) is 64.2 Å². The Morgan fingerprint density at radius 3 is 2.81 bits per heavy atom. The number of benzene rings is 2. The minimum absolute atomic E-state index is 0.299. The maximum Gasteiger partial charge on any atom is 0.253 e. The Labute approximate surface area is 127 Å². The van der Waals surface area contributed by atoms with Crippen molar-refractivity contribution in [1.82, 2.24) is 5.32 Å². The fourth-order valence-corrected chi connectivity index (χ4v) is 2.96. The highest BCUT2D eigenvalue weighted by Crippen LogP contribution is 2.31. The SMILES string of the molecule is Nc1ccc(C(=O)N[C@@H]2c3ccccc3C[C@@H]2O)c(Cl)c1. The van der Waals surface area contributed by atoms with Gasteiger partial charge in [-0.15, -0.1) is 0 Å². The summed E-state index contributed by atoms with van der Waals surface area (Å²) in [5, 5.41) is 13.3. The number of rotatable bonds is 2. The molecule has 21 heavy (non-hydrogen) atoms. The number of aliphatic hydroxyl groups excluding tert-OH is 1. The summed E-state index contributed by atoms with van der Waals surface area (Å²) in [6, 6.07) is 12.0. The molecule has 0 fully saturated rings. The van der Waals surface area contributed by atoms with Crippen LogP contribution in [0.15, 0.2) is 42.5 Å². The zero-order valence-corrected chi connectivity index (χ0v) is 12.0. The number of carbonyl (C=O) groups excluding carboxylic acids is 1. The summed E-state index contributed by atoms with van der Waals surface area (Å²) in [6.07, 6.45) is -0.0877. The summed E-state index contributed by atoms with van der Waals surface area (Å²) < 4.78 is 0. The van der Waals surface area contributed by atoms with Crippen molar-refractivity contribution in [2.24, 2.45) is 0 Å². The third kappa shape index (κ3) is 2.60. The number of amides is 1. The van der Waals surface area contributed by atoms with Gasteiger partial charge in [-0.25, -0.2) is 0 Å². The summed E-state index contributed by atoms with van der Waals surface area (Å²) in [5.74, 6) is -0.319. The first-order chi connectivity index (χ1) is 10.1. The monoisotopic (exact) mass is 302 g/mol. The number of carbonyl (C=O) groups is 1. The van der Waals surface area contributed by atoms with E-state index in [0.717, 1.165) is 11.1 Å². The number of hydrogen-bond donors (Lipinski definition) is 3. The average Bonchev–Trinajstić information content (AvgIpc) is 2.75. The van der Waals surface area contributed by atoms with Gasteiger partial charge in [0.05, 0.1) is 22.7 Å². The molecule has 2 atom stereocenters. The lowest BCUT2D eigenvalue weighted by atomic mass is 10.1. The minimum Gasteiger partial charge on any atom is -0.399 e. The zero-order valence-electron chi connectivity index (χ0n) is 11.2. The number of nitrogens with two attached hydrogens (primary N) is 1. The van der Waals surface area contributed by atoms with Crippen LogP contribution >= 0.6 is 11.6 Å². The molecule has 0 heterocycles. The summed E-state index contributed by atoms with van der Waals surface area (Å²) >= 11 is 6.04. The Balaban J connectivity index is 1.85. The number of aliphatic hydroxyl groups is 1. The van der Waals surface area contributed by atoms with Gasteiger partial charge in [0.25, 0.3) is 5.91 Å². The number of halogens is 1. The first kappa shape index (κ1) is 13.9. The number of nitrogens with one attached hydrogen (secondary N) is 1. The van der Waals surface area contributed by atoms with Gasteiger partial charge in [0, 0.05) is 12.1 Å². The van der Waals surface area contributed by atoms with E-state index in [0.29, 0.717) is 22.7 Å². The molecular weight excluding hydrogens is 288 g/mol. The Morgan fingerprint density at radius 1 is 1.29 bits per heavy atom. The predicted octanol–water partition coefficient (Wildman–Crippen LogP) is 2.31. The van der Waals surface area contributed by atoms with E-state index in [4.69, 9.17) is 17.3 Å². The molecule has 1 aliphatic carbocycles. The molecule has 1 aliphatic rings. The van der Waals surface area contributed by atoms with Gasteiger partial charge in [-0.05, 0) is 29.3 Å². The maximum absolute atomic E-state index is 12.3. The van der Waals surface area contributed by atoms with Crippen molar-refractivity contribution in [3.8, 4) is 0 Å². The van der Waals surface area contributed by atoms with Crippen LogP contribution in [0.1, 0.15) is 27.5 Å². The molecule has 0 aromatic heterocycles. The highest BCUT2D eigenvalue weighted by atomic mass is 35.5. The molecule has 108 valence electrons. The smallest absolute Gasteiger partial charge is 0.253 e. The second-order valence-electron chi connectivity index (χ2n) is 5.16. The fourth-order valence-electron chi connectivity index (χ4n) is 2.68. The van der Waals surface area contributed by atoms with E-state index >= 15 is 0 Å². The molecule has 0 aliphatic heterocycles. The lowest BCUT2D eigenvalue weighted by molar-refractivity contribution is 0.0858. The minimum atomic E-state index is -0.626. The third-order valence-corrected chi connectivity index (χ3v) is 4.04. The van der Waals surface area contributed by atoms with Crippen LogP contribution in [0.4, 0.5) is 5.69 Å². The van der Waals surface area contributed by atoms with Gasteiger partial charge in [-0.2, -0.15) is 0 Å². The zero-order chi connectivity index (χ0) is 15.0. The van der Waals surface area contributed by atoms with Crippen molar-refractivity contribution in [2.45, 2.75) is 18.6 Å². The first-order valence-electron chi connectivity index (χ1n) is 6.68. The standard InChI is InChI=1S/C16H15ClN2O2/c17-13-8-10(18)5-6-12(13)16(21)19-15-11-4-2-1-3-9(11)7-14(15)20/h1-6,8,14-15,20H,7,18H2,(H,19,21)/t14-,15+/m0/s1. The van der Waals surface area contributed by atoms with Crippen LogP contribution in [0.3, 0.4) is 0 Å². The molecule has 2 aromatic rings. The molecule has 0 spiro atoms. The van der Waals surface area contributed by atoms with Crippen molar-refractivity contribution in [3.63, 3.8) is 0 Å². The normalized spacial score (nSPS) is 20.1. The quantitative estimate of drug-likeness (QED) is 0.745. The molecular formula is C16H15ClN2O2. The molecule has 2 aromatic carbocycles. The van der Waals surface area contributed by atoms with Crippen molar-refractivity contribution >= 4 is 23.2 Å². The summed E-state index contributed by atoms with van der Waals surface area (Å²) in [4.78, 5) is 12.3. The van der Waals surface area contributed by atoms with E-state index in [2.05, 4.69) is 5.32 Å². The van der Waals surface area contributed by atoms with E-state index in [1.165, 1.54) is 6.07 Å². The largest absolute Gasteiger partial charge is 0.399 e. The molecule has 3 rings (SSSR count). The molecule has 4 N–H and O–H groups in total. The van der Waals surface area contributed by atoms with E-state index in [1.54, 1.807) is 12.1 Å². The lowest BCUT2D eigenvalue weighted by Gasteiger charge is -2.18. The van der Waals surface area contributed by atoms with E-state index in [-0.39, 0.29) is 5.91 Å². The highest BCUT2D eigenvalue weighted by Gasteiger charge is 2.32. The van der Waals surface area contributed by atoms with Gasteiger partial charge in [-0.3, -0.25) is 4.79 Å². The molecule has 1 amide bonds. The van der Waals surface area contributed by atoms with E-state index in [1.807, 2.05) is 24.3 Å². The highest BCUT2D eigenvalue weighted by molar-refractivity contribution is 6.34. The summed E-state index contributed by atoms with van der Waals surface area (Å²) in [6.45, 7) is 0. The second-order valence-corrected chi connectivity index (χ2v) is 5.57. The molecule has 0 unspecified atom stereocenters. The van der Waals surface area contributed by atoms with Crippen molar-refractivity contribution in [2.75, 3.05) is 5.73 Å². The van der Waals surface area contributed by atoms with E-state index in [9.17, 15) is 9.90 Å². The lowest BCUT2D eigenvalue weighted by Crippen LogP contribution is -2.34. The Kier molecular flexibility index (Phi) is 3.57. The Hall–Kier alpha value is -2.04. The van der Waals surface area contributed by atoms with Gasteiger partial charge < -0.3 is 16.2 Å². The number of nitrogen functional groups attached to an aromatic ring is 1. The van der Waals surface area contributed by atoms with Crippen LogP contribution in [-0.4, -0.2) is 17.1 Å². The van der Waals surface area contributed by atoms with E-state index < -0.39 is 12.1 Å². The maximum atomic E-state index is 12.3. The van der Waals surface area contributed by atoms with Crippen LogP contribution in [0, 0.1) is 0 Å². The van der Waals surface area contributed by atoms with Crippen LogP contribution < -0.4 is 11.1 Å². The van der Waals surface area contributed by atoms with Crippen LogP contribution in [0.25, 0.3) is 0 Å².